The Morgan fingerprint density at radius 3 is 2.73 bits per heavy atom. The van der Waals surface area contributed by atoms with E-state index in [0.717, 1.165) is 12.8 Å². The highest BCUT2D eigenvalue weighted by Gasteiger charge is 2.28. The molecule has 0 atom stereocenters. The van der Waals surface area contributed by atoms with Crippen molar-refractivity contribution in [1.29, 1.82) is 0 Å². The van der Waals surface area contributed by atoms with Crippen LogP contribution in [-0.4, -0.2) is 52.7 Å². The minimum Gasteiger partial charge on any atom is -0.464 e. The summed E-state index contributed by atoms with van der Waals surface area (Å²) in [5.41, 5.74) is 0.608. The summed E-state index contributed by atoms with van der Waals surface area (Å²) in [7, 11) is -3.61. The molecule has 0 saturated carbocycles. The fourth-order valence-electron chi connectivity index (χ4n) is 3.46. The molecule has 0 unspecified atom stereocenters. The van der Waals surface area contributed by atoms with Gasteiger partial charge in [-0.25, -0.2) is 13.2 Å². The van der Waals surface area contributed by atoms with Gasteiger partial charge in [0, 0.05) is 38.1 Å². The predicted molar refractivity (Wildman–Crippen MR) is 106 cm³/mol. The van der Waals surface area contributed by atoms with Gasteiger partial charge in [0.15, 0.2) is 5.58 Å². The first-order valence-corrected chi connectivity index (χ1v) is 11.2. The Kier molecular flexibility index (Phi) is 5.73. The molecule has 0 radical (unpaired) electrons. The van der Waals surface area contributed by atoms with Crippen molar-refractivity contribution >= 4 is 27.1 Å². The van der Waals surface area contributed by atoms with E-state index in [2.05, 4.69) is 5.10 Å². The SMILES string of the molecule is O=C(CCn1c(=O)oc2cc(S(=O)(=O)N3CCCC3)ccc21)OCCn1cccn1. The van der Waals surface area contributed by atoms with Crippen LogP contribution in [0, 0.1) is 0 Å². The van der Waals surface area contributed by atoms with Crippen molar-refractivity contribution < 1.29 is 22.4 Å². The first-order chi connectivity index (χ1) is 14.4. The van der Waals surface area contributed by atoms with Crippen molar-refractivity contribution in [3.05, 3.63) is 47.2 Å². The normalized spacial score (nSPS) is 15.1. The highest BCUT2D eigenvalue weighted by atomic mass is 32.2. The summed E-state index contributed by atoms with van der Waals surface area (Å²) >= 11 is 0. The van der Waals surface area contributed by atoms with Crippen LogP contribution in [0.25, 0.3) is 11.1 Å². The Morgan fingerprint density at radius 1 is 1.20 bits per heavy atom. The summed E-state index contributed by atoms with van der Waals surface area (Å²) in [5, 5.41) is 4.02. The number of hydrogen-bond donors (Lipinski definition) is 0. The standard InChI is InChI=1S/C19H22N4O6S/c24-18(28-13-12-21-8-3-7-20-21)6-11-23-16-5-4-15(14-17(16)29-19(23)25)30(26,27)22-9-1-2-10-22/h3-5,7-8,14H,1-2,6,9-13H2. The Bertz CT molecular complexity index is 1190. The van der Waals surface area contributed by atoms with Crippen molar-refractivity contribution in [2.75, 3.05) is 19.7 Å². The van der Waals surface area contributed by atoms with Gasteiger partial charge in [-0.1, -0.05) is 0 Å². The molecule has 10 nitrogen and oxygen atoms in total. The number of sulfonamides is 1. The third kappa shape index (κ3) is 4.17. The molecular formula is C19H22N4O6S. The number of oxazole rings is 1. The summed E-state index contributed by atoms with van der Waals surface area (Å²) in [6.45, 7) is 1.69. The number of aryl methyl sites for hydroxylation is 1. The van der Waals surface area contributed by atoms with Gasteiger partial charge in [0.1, 0.15) is 6.61 Å². The smallest absolute Gasteiger partial charge is 0.419 e. The number of carbonyl (C=O) groups is 1. The lowest BCUT2D eigenvalue weighted by molar-refractivity contribution is -0.144. The fraction of sp³-hybridized carbons (Fsp3) is 0.421. The number of rotatable bonds is 8. The molecule has 30 heavy (non-hydrogen) atoms. The molecule has 1 saturated heterocycles. The number of nitrogens with zero attached hydrogens (tertiary/aromatic N) is 4. The minimum atomic E-state index is -3.61. The van der Waals surface area contributed by atoms with E-state index >= 15 is 0 Å². The molecule has 160 valence electrons. The molecule has 11 heteroatoms. The molecule has 3 heterocycles. The van der Waals surface area contributed by atoms with Crippen LogP contribution in [0.2, 0.25) is 0 Å². The van der Waals surface area contributed by atoms with Gasteiger partial charge in [0.25, 0.3) is 0 Å². The zero-order valence-electron chi connectivity index (χ0n) is 16.3. The second-order valence-corrected chi connectivity index (χ2v) is 8.94. The number of aromatic nitrogens is 3. The molecule has 3 aromatic rings. The molecule has 1 aromatic carbocycles. The number of ether oxygens (including phenoxy) is 1. The maximum absolute atomic E-state index is 12.7. The van der Waals surface area contributed by atoms with Gasteiger partial charge >= 0.3 is 11.7 Å². The van der Waals surface area contributed by atoms with Gasteiger partial charge in [-0.3, -0.25) is 14.0 Å². The quantitative estimate of drug-likeness (QED) is 0.489. The highest BCUT2D eigenvalue weighted by molar-refractivity contribution is 7.89. The van der Waals surface area contributed by atoms with E-state index in [4.69, 9.17) is 9.15 Å². The van der Waals surface area contributed by atoms with Crippen LogP contribution >= 0.6 is 0 Å². The zero-order chi connectivity index (χ0) is 21.1. The second kappa shape index (κ2) is 8.44. The minimum absolute atomic E-state index is 0.0124. The van der Waals surface area contributed by atoms with Crippen molar-refractivity contribution in [3.63, 3.8) is 0 Å². The van der Waals surface area contributed by atoms with E-state index in [1.807, 2.05) is 0 Å². The molecule has 0 bridgehead atoms. The Morgan fingerprint density at radius 2 is 2.00 bits per heavy atom. The predicted octanol–water partition coefficient (Wildman–Crippen LogP) is 1.21. The fourth-order valence-corrected chi connectivity index (χ4v) is 4.99. The maximum atomic E-state index is 12.7. The lowest BCUT2D eigenvalue weighted by Gasteiger charge is -2.15. The summed E-state index contributed by atoms with van der Waals surface area (Å²) in [4.78, 5) is 24.3. The average Bonchev–Trinajstić information content (AvgIpc) is 3.47. The van der Waals surface area contributed by atoms with Crippen LogP contribution in [0.5, 0.6) is 0 Å². The van der Waals surface area contributed by atoms with E-state index in [0.29, 0.717) is 25.2 Å². The Balaban J connectivity index is 1.42. The summed E-state index contributed by atoms with van der Waals surface area (Å²) in [6, 6.07) is 6.14. The second-order valence-electron chi connectivity index (χ2n) is 7.00. The first-order valence-electron chi connectivity index (χ1n) is 9.72. The van der Waals surface area contributed by atoms with Crippen LogP contribution in [0.3, 0.4) is 0 Å². The molecule has 1 aliphatic rings. The Hall–Kier alpha value is -2.92. The van der Waals surface area contributed by atoms with Crippen LogP contribution in [-0.2, 0) is 32.6 Å². The highest BCUT2D eigenvalue weighted by Crippen LogP contribution is 2.24. The van der Waals surface area contributed by atoms with Gasteiger partial charge in [-0.15, -0.1) is 0 Å². The maximum Gasteiger partial charge on any atom is 0.419 e. The molecule has 0 N–H and O–H groups in total. The van der Waals surface area contributed by atoms with Gasteiger partial charge < -0.3 is 9.15 Å². The average molecular weight is 434 g/mol. The monoisotopic (exact) mass is 434 g/mol. The first kappa shape index (κ1) is 20.4. The number of esters is 1. The van der Waals surface area contributed by atoms with Crippen molar-refractivity contribution in [1.82, 2.24) is 18.7 Å². The molecule has 4 rings (SSSR count). The van der Waals surface area contributed by atoms with Crippen molar-refractivity contribution in [3.8, 4) is 0 Å². The molecule has 0 amide bonds. The van der Waals surface area contributed by atoms with Crippen LogP contribution in [0.4, 0.5) is 0 Å². The lowest BCUT2D eigenvalue weighted by atomic mass is 10.3. The van der Waals surface area contributed by atoms with Gasteiger partial charge in [0.05, 0.1) is 23.4 Å². The zero-order valence-corrected chi connectivity index (χ0v) is 17.1. The van der Waals surface area contributed by atoms with E-state index in [1.165, 1.54) is 27.1 Å². The summed E-state index contributed by atoms with van der Waals surface area (Å²) < 4.78 is 40.2. The third-order valence-corrected chi connectivity index (χ3v) is 6.92. The Labute approximate surface area is 172 Å². The topological polar surface area (TPSA) is 117 Å². The molecule has 1 aliphatic heterocycles. The number of fused-ring (bicyclic) bond motifs is 1. The van der Waals surface area contributed by atoms with Gasteiger partial charge in [-0.2, -0.15) is 9.40 Å². The number of hydrogen-bond acceptors (Lipinski definition) is 7. The molecular weight excluding hydrogens is 412 g/mol. The number of benzene rings is 1. The lowest BCUT2D eigenvalue weighted by Crippen LogP contribution is -2.27. The molecule has 0 spiro atoms. The van der Waals surface area contributed by atoms with Crippen LogP contribution < -0.4 is 5.76 Å². The summed E-state index contributed by atoms with van der Waals surface area (Å²) in [5.74, 6) is -1.10. The van der Waals surface area contributed by atoms with E-state index in [-0.39, 0.29) is 30.1 Å². The van der Waals surface area contributed by atoms with Crippen LogP contribution in [0.15, 0.2) is 50.8 Å². The van der Waals surface area contributed by atoms with Crippen molar-refractivity contribution in [2.45, 2.75) is 37.2 Å². The van der Waals surface area contributed by atoms with Gasteiger partial charge in [0.2, 0.25) is 10.0 Å². The van der Waals surface area contributed by atoms with E-state index in [1.54, 1.807) is 23.1 Å². The van der Waals surface area contributed by atoms with Crippen molar-refractivity contribution in [2.24, 2.45) is 0 Å². The van der Waals surface area contributed by atoms with E-state index < -0.39 is 21.7 Å². The number of carbonyl (C=O) groups excluding carboxylic acids is 1. The largest absolute Gasteiger partial charge is 0.464 e. The van der Waals surface area contributed by atoms with E-state index in [9.17, 15) is 18.0 Å². The molecule has 2 aromatic heterocycles. The molecule has 0 aliphatic carbocycles. The third-order valence-electron chi connectivity index (χ3n) is 5.02. The molecule has 1 fully saturated rings. The van der Waals surface area contributed by atoms with Crippen LogP contribution in [0.1, 0.15) is 19.3 Å². The summed E-state index contributed by atoms with van der Waals surface area (Å²) in [6.07, 6.45) is 5.07. The van der Waals surface area contributed by atoms with Gasteiger partial charge in [-0.05, 0) is 31.0 Å².